The minimum absolute atomic E-state index is 0. The Labute approximate surface area is 88.2 Å². The third-order valence-electron chi connectivity index (χ3n) is 0. The van der Waals surface area contributed by atoms with Gasteiger partial charge in [0.05, 0.1) is 0 Å². The standard InChI is InChI=1S/CH4N2O.Ba.BrH.H/c2-1(3)4;;;/h(H4,2,3,4);;1H;/q;+2;;-1/p-1. The Bertz CT molecular complexity index is 40.7. The second-order valence-corrected chi connectivity index (χ2v) is 0.364. The molecule has 34 valence electrons. The number of carbonyl (C=O) groups is 1. The molecule has 0 heterocycles. The Morgan fingerprint density at radius 1 is 1.83 bits per heavy atom. The van der Waals surface area contributed by atoms with E-state index in [9.17, 15) is 0 Å². The topological polar surface area (TPSA) is 66.9 Å². The summed E-state index contributed by atoms with van der Waals surface area (Å²) in [6.45, 7) is 0. The molecule has 0 aromatic heterocycles. The summed E-state index contributed by atoms with van der Waals surface area (Å²) < 4.78 is 0. The summed E-state index contributed by atoms with van der Waals surface area (Å²) in [6.07, 6.45) is 0. The maximum absolute atomic E-state index is 8.89. The maximum atomic E-state index is 8.89. The molecule has 5 heteroatoms. The Balaban J connectivity index is -0.0000000150. The van der Waals surface area contributed by atoms with Gasteiger partial charge in [0.1, 0.15) is 6.03 Å². The summed E-state index contributed by atoms with van der Waals surface area (Å²) in [6, 6.07) is -1.08. The first kappa shape index (κ1) is 15.7. The molecule has 0 fully saturated rings. The van der Waals surface area contributed by atoms with E-state index in [0.29, 0.717) is 0 Å². The normalized spacial score (nSPS) is 4.00. The number of carbonyl (C=O) groups excluding carboxylic acids is 1. The number of nitrogens with one attached hydrogen (secondary N) is 1. The summed E-state index contributed by atoms with van der Waals surface area (Å²) >= 11 is 0. The Morgan fingerprint density at radius 2 is 1.83 bits per heavy atom. The van der Waals surface area contributed by atoms with E-state index in [2.05, 4.69) is 5.73 Å². The van der Waals surface area contributed by atoms with Gasteiger partial charge in [-0.2, -0.15) is 0 Å². The number of primary amides is 1. The fourth-order valence-corrected chi connectivity index (χ4v) is 0. The summed E-state index contributed by atoms with van der Waals surface area (Å²) in [5.41, 5.74) is 9.86. The first-order chi connectivity index (χ1) is 1.73. The molecule has 0 aliphatic rings. The molecule has 0 aromatic rings. The fourth-order valence-electron chi connectivity index (χ4n) is 0. The van der Waals surface area contributed by atoms with E-state index < -0.39 is 6.03 Å². The molecule has 0 aromatic carbocycles. The van der Waals surface area contributed by atoms with E-state index in [1.54, 1.807) is 0 Å². The third-order valence-corrected chi connectivity index (χ3v) is 0. The van der Waals surface area contributed by atoms with Crippen molar-refractivity contribution < 1.29 is 6.22 Å². The van der Waals surface area contributed by atoms with Crippen LogP contribution in [0.2, 0.25) is 0 Å². The van der Waals surface area contributed by atoms with Gasteiger partial charge in [0.25, 0.3) is 0 Å². The van der Waals surface area contributed by atoms with Crippen molar-refractivity contribution in [1.29, 1.82) is 0 Å². The van der Waals surface area contributed by atoms with E-state index in [1.807, 2.05) is 0 Å². The van der Waals surface area contributed by atoms with Crippen molar-refractivity contribution in [3.8, 4) is 0 Å². The van der Waals surface area contributed by atoms with Crippen LogP contribution >= 0.6 is 17.0 Å². The molecule has 6 heavy (non-hydrogen) atoms. The number of halogens is 1. The first-order valence-corrected chi connectivity index (χ1v) is 0.743. The predicted molar refractivity (Wildman–Crippen MR) is 31.1 cm³/mol. The fraction of sp³-hybridized carbons (Fsp3) is 0. The van der Waals surface area contributed by atoms with Crippen LogP contribution in [0.15, 0.2) is 0 Å². The molecule has 0 unspecified atom stereocenters. The molecule has 0 aliphatic carbocycles. The van der Waals surface area contributed by atoms with Gasteiger partial charge in [-0.15, -0.1) is 17.0 Å². The Morgan fingerprint density at radius 3 is 1.83 bits per heavy atom. The van der Waals surface area contributed by atoms with Crippen LogP contribution in [-0.2, 0) is 0 Å². The Hall–Kier alpha value is 1.32. The van der Waals surface area contributed by atoms with E-state index in [4.69, 9.17) is 10.5 Å². The summed E-state index contributed by atoms with van der Waals surface area (Å²) in [5, 5.41) is 0. The molecule has 0 aliphatic heterocycles. The van der Waals surface area contributed by atoms with Crippen molar-refractivity contribution in [2.45, 2.75) is 0 Å². The van der Waals surface area contributed by atoms with Crippen LogP contribution in [-0.4, -0.2) is 54.9 Å². The summed E-state index contributed by atoms with van der Waals surface area (Å²) in [4.78, 5) is 8.89. The minimum atomic E-state index is -1.08. The average Bonchev–Trinajstić information content (AvgIpc) is 0.811. The van der Waals surface area contributed by atoms with Crippen molar-refractivity contribution in [3.63, 3.8) is 0 Å². The zero-order valence-electron chi connectivity index (χ0n) is 4.10. The van der Waals surface area contributed by atoms with Crippen LogP contribution in [0.1, 0.15) is 1.43 Å². The van der Waals surface area contributed by atoms with Gasteiger partial charge in [0, 0.05) is 0 Å². The molecule has 0 rings (SSSR count). The van der Waals surface area contributed by atoms with Gasteiger partial charge >= 0.3 is 48.9 Å². The molecule has 0 radical (unpaired) electrons. The molecule has 0 atom stereocenters. The number of amides is 2. The largest absolute Gasteiger partial charge is 2.00 e. The van der Waals surface area contributed by atoms with E-state index in [0.717, 1.165) is 0 Å². The number of nitrogens with two attached hydrogens (primary N) is 1. The van der Waals surface area contributed by atoms with Crippen LogP contribution in [0.4, 0.5) is 4.79 Å². The number of rotatable bonds is 0. The van der Waals surface area contributed by atoms with Gasteiger partial charge in [-0.1, -0.05) is 0 Å². The number of hydrogen-bond donors (Lipinski definition) is 1. The van der Waals surface area contributed by atoms with Crippen LogP contribution in [0.5, 0.6) is 0 Å². The summed E-state index contributed by atoms with van der Waals surface area (Å²) in [7, 11) is 0. The van der Waals surface area contributed by atoms with Crippen molar-refractivity contribution >= 4 is 71.9 Å². The van der Waals surface area contributed by atoms with E-state index >= 15 is 0 Å². The molecule has 2 amide bonds. The van der Waals surface area contributed by atoms with Crippen molar-refractivity contribution in [2.24, 2.45) is 5.73 Å². The summed E-state index contributed by atoms with van der Waals surface area (Å²) in [5.74, 6) is 0. The SMILES string of the molecule is Br.[Ba+2].[H-].[NH-]C(N)=O. The van der Waals surface area contributed by atoms with Crippen LogP contribution in [0.3, 0.4) is 0 Å². The smallest absolute Gasteiger partial charge is 1.00 e. The quantitative estimate of drug-likeness (QED) is 0.641. The predicted octanol–water partition coefficient (Wildman–Crippen LogP) is 0.427. The molecule has 0 saturated heterocycles. The number of urea groups is 1. The maximum Gasteiger partial charge on any atom is 2.00 e. The molecule has 0 bridgehead atoms. The second-order valence-electron chi connectivity index (χ2n) is 0.364. The van der Waals surface area contributed by atoms with Crippen LogP contribution < -0.4 is 5.73 Å². The molecule has 3 N–H and O–H groups in total. The number of hydrogen-bond acceptors (Lipinski definition) is 1. The van der Waals surface area contributed by atoms with Crippen LogP contribution in [0, 0.1) is 0 Å². The first-order valence-electron chi connectivity index (χ1n) is 0.743. The molecule has 0 spiro atoms. The van der Waals surface area contributed by atoms with Gasteiger partial charge in [0.2, 0.25) is 0 Å². The molecular formula is CH5BaBrN2O. The molecule has 3 nitrogen and oxygen atoms in total. The molecule has 0 saturated carbocycles. The van der Waals surface area contributed by atoms with Crippen LogP contribution in [0.25, 0.3) is 5.73 Å². The minimum Gasteiger partial charge on any atom is -1.00 e. The van der Waals surface area contributed by atoms with E-state index in [-0.39, 0.29) is 67.3 Å². The van der Waals surface area contributed by atoms with Gasteiger partial charge in [-0.05, 0) is 0 Å². The monoisotopic (exact) mass is 278 g/mol. The zero-order chi connectivity index (χ0) is 3.58. The second kappa shape index (κ2) is 9.59. The van der Waals surface area contributed by atoms with Crippen molar-refractivity contribution in [3.05, 3.63) is 5.73 Å². The Kier molecular flexibility index (Phi) is 25.0. The van der Waals surface area contributed by atoms with Gasteiger partial charge in [-0.25, -0.2) is 0 Å². The average molecular weight is 278 g/mol. The van der Waals surface area contributed by atoms with Gasteiger partial charge < -0.3 is 12.9 Å². The van der Waals surface area contributed by atoms with Gasteiger partial charge in [-0.3, -0.25) is 4.79 Å². The van der Waals surface area contributed by atoms with Gasteiger partial charge in [0.15, 0.2) is 0 Å². The zero-order valence-corrected chi connectivity index (χ0v) is 9.25. The molecular weight excluding hydrogens is 273 g/mol. The third kappa shape index (κ3) is 56.9. The van der Waals surface area contributed by atoms with E-state index in [1.165, 1.54) is 0 Å². The van der Waals surface area contributed by atoms with Crippen molar-refractivity contribution in [2.75, 3.05) is 0 Å². The van der Waals surface area contributed by atoms with Crippen molar-refractivity contribution in [1.82, 2.24) is 0 Å².